The van der Waals surface area contributed by atoms with Crippen molar-refractivity contribution in [2.75, 3.05) is 32.7 Å². The van der Waals surface area contributed by atoms with Gasteiger partial charge in [-0.25, -0.2) is 4.79 Å². The van der Waals surface area contributed by atoms with E-state index in [-0.39, 0.29) is 29.5 Å². The molecular weight excluding hydrogens is 498 g/mol. The molecule has 2 aliphatic heterocycles. The van der Waals surface area contributed by atoms with Crippen molar-refractivity contribution in [2.45, 2.75) is 85.4 Å². The van der Waals surface area contributed by atoms with Crippen LogP contribution in [-0.4, -0.2) is 71.1 Å². The number of benzene rings is 2. The summed E-state index contributed by atoms with van der Waals surface area (Å²) in [7, 11) is 0. The van der Waals surface area contributed by atoms with E-state index in [0.29, 0.717) is 25.4 Å². The quantitative estimate of drug-likeness (QED) is 0.419. The zero-order valence-electron chi connectivity index (χ0n) is 25.7. The lowest BCUT2D eigenvalue weighted by Crippen LogP contribution is -2.60. The van der Waals surface area contributed by atoms with Crippen molar-refractivity contribution in [3.8, 4) is 0 Å². The number of carbonyl (C=O) groups excluding carboxylic acids is 2. The zero-order chi connectivity index (χ0) is 29.1. The number of likely N-dealkylation sites (tertiary alicyclic amines) is 1. The van der Waals surface area contributed by atoms with Crippen LogP contribution >= 0.6 is 0 Å². The molecule has 0 saturated carbocycles. The number of ether oxygens (including phenoxy) is 1. The third-order valence-electron chi connectivity index (χ3n) is 8.33. The highest BCUT2D eigenvalue weighted by molar-refractivity contribution is 5.77. The van der Waals surface area contributed by atoms with Gasteiger partial charge in [-0.2, -0.15) is 0 Å². The van der Waals surface area contributed by atoms with E-state index in [9.17, 15) is 9.59 Å². The lowest BCUT2D eigenvalue weighted by molar-refractivity contribution is -0.141. The number of rotatable bonds is 5. The van der Waals surface area contributed by atoms with Gasteiger partial charge < -0.3 is 14.5 Å². The van der Waals surface area contributed by atoms with Gasteiger partial charge in [0.05, 0.1) is 6.04 Å². The summed E-state index contributed by atoms with van der Waals surface area (Å²) in [5.41, 5.74) is 3.29. The fourth-order valence-corrected chi connectivity index (χ4v) is 6.09. The van der Waals surface area contributed by atoms with Crippen molar-refractivity contribution < 1.29 is 14.3 Å². The van der Waals surface area contributed by atoms with Crippen molar-refractivity contribution in [1.29, 1.82) is 0 Å². The molecule has 40 heavy (non-hydrogen) atoms. The highest BCUT2D eigenvalue weighted by atomic mass is 16.6. The van der Waals surface area contributed by atoms with Crippen LogP contribution < -0.4 is 0 Å². The predicted octanol–water partition coefficient (Wildman–Crippen LogP) is 6.68. The van der Waals surface area contributed by atoms with E-state index in [1.54, 1.807) is 4.90 Å². The topological polar surface area (TPSA) is 53.1 Å². The Bertz CT molecular complexity index is 1130. The number of nitrogens with zero attached hydrogens (tertiary/aromatic N) is 3. The summed E-state index contributed by atoms with van der Waals surface area (Å²) in [6, 6.07) is 19.9. The third-order valence-corrected chi connectivity index (χ3v) is 8.33. The number of carbonyl (C=O) groups is 2. The molecule has 2 saturated heterocycles. The van der Waals surface area contributed by atoms with Gasteiger partial charge >= 0.3 is 6.09 Å². The molecule has 2 aromatic rings. The van der Waals surface area contributed by atoms with Crippen LogP contribution in [0.5, 0.6) is 0 Å². The average Bonchev–Trinajstić information content (AvgIpc) is 2.89. The SMILES string of the molecule is Cc1ccc(C(c2ccccc2)N2CCN(C(=O)CC3CCN(C(=O)OC(C)(C)C)CC3)C(C(C)(C)C)C2)cc1. The van der Waals surface area contributed by atoms with E-state index in [0.717, 1.165) is 32.5 Å². The van der Waals surface area contributed by atoms with Gasteiger partial charge in [0.2, 0.25) is 5.91 Å². The maximum Gasteiger partial charge on any atom is 0.410 e. The Morgan fingerprint density at radius 3 is 2.02 bits per heavy atom. The van der Waals surface area contributed by atoms with Crippen molar-refractivity contribution in [3.05, 3.63) is 71.3 Å². The number of amides is 2. The summed E-state index contributed by atoms with van der Waals surface area (Å²) in [5, 5.41) is 0. The molecule has 0 N–H and O–H groups in total. The second kappa shape index (κ2) is 12.3. The van der Waals surface area contributed by atoms with E-state index in [1.165, 1.54) is 16.7 Å². The van der Waals surface area contributed by atoms with Crippen molar-refractivity contribution in [2.24, 2.45) is 11.3 Å². The van der Waals surface area contributed by atoms with E-state index in [4.69, 9.17) is 4.74 Å². The maximum atomic E-state index is 13.8. The zero-order valence-corrected chi connectivity index (χ0v) is 25.7. The summed E-state index contributed by atoms with van der Waals surface area (Å²) < 4.78 is 5.55. The van der Waals surface area contributed by atoms with E-state index < -0.39 is 5.60 Å². The first-order chi connectivity index (χ1) is 18.8. The van der Waals surface area contributed by atoms with Gasteiger partial charge in [-0.15, -0.1) is 0 Å². The van der Waals surface area contributed by atoms with Crippen LogP contribution in [0.25, 0.3) is 0 Å². The lowest BCUT2D eigenvalue weighted by Gasteiger charge is -2.50. The molecule has 6 nitrogen and oxygen atoms in total. The third kappa shape index (κ3) is 7.66. The van der Waals surface area contributed by atoms with E-state index in [1.807, 2.05) is 20.8 Å². The standard InChI is InChI=1S/C34H49N3O3/c1-25-13-15-28(16-14-25)31(27-11-9-8-10-12-27)36-21-22-37(29(24-36)33(2,3)4)30(38)23-26-17-19-35(20-18-26)32(39)40-34(5,6)7/h8-16,26,29,31H,17-24H2,1-7H3. The van der Waals surface area contributed by atoms with Crippen LogP contribution in [0.2, 0.25) is 0 Å². The van der Waals surface area contributed by atoms with Crippen LogP contribution in [0.3, 0.4) is 0 Å². The molecule has 2 amide bonds. The predicted molar refractivity (Wildman–Crippen MR) is 161 cm³/mol. The summed E-state index contributed by atoms with van der Waals surface area (Å²) in [6.45, 7) is 18.3. The highest BCUT2D eigenvalue weighted by Gasteiger charge is 2.41. The number of piperidine rings is 1. The average molecular weight is 548 g/mol. The number of hydrogen-bond acceptors (Lipinski definition) is 4. The molecule has 2 heterocycles. The fraction of sp³-hybridized carbons (Fsp3) is 0.588. The van der Waals surface area contributed by atoms with Crippen molar-refractivity contribution in [1.82, 2.24) is 14.7 Å². The minimum absolute atomic E-state index is 0.0527. The Labute approximate surface area is 241 Å². The van der Waals surface area contributed by atoms with Gasteiger partial charge in [-0.3, -0.25) is 9.69 Å². The Balaban J connectivity index is 1.44. The largest absolute Gasteiger partial charge is 0.444 e. The van der Waals surface area contributed by atoms with Crippen LogP contribution in [0.1, 0.15) is 83.5 Å². The van der Waals surface area contributed by atoms with Crippen LogP contribution in [0.4, 0.5) is 4.79 Å². The van der Waals surface area contributed by atoms with Crippen molar-refractivity contribution >= 4 is 12.0 Å². The first-order valence-electron chi connectivity index (χ1n) is 14.9. The van der Waals surface area contributed by atoms with Crippen LogP contribution in [0.15, 0.2) is 54.6 Å². The maximum absolute atomic E-state index is 13.8. The first-order valence-corrected chi connectivity index (χ1v) is 14.9. The summed E-state index contributed by atoms with van der Waals surface area (Å²) in [4.78, 5) is 32.8. The Kier molecular flexibility index (Phi) is 9.29. The fourth-order valence-electron chi connectivity index (χ4n) is 6.09. The molecule has 2 fully saturated rings. The summed E-state index contributed by atoms with van der Waals surface area (Å²) in [6.07, 6.45) is 1.99. The minimum atomic E-state index is -0.493. The molecule has 0 aliphatic carbocycles. The molecule has 2 aromatic carbocycles. The second-order valence-electron chi connectivity index (χ2n) is 13.8. The first kappa shape index (κ1) is 30.1. The Morgan fingerprint density at radius 2 is 1.45 bits per heavy atom. The molecule has 2 aliphatic rings. The monoisotopic (exact) mass is 547 g/mol. The van der Waals surface area contributed by atoms with Crippen molar-refractivity contribution in [3.63, 3.8) is 0 Å². The van der Waals surface area contributed by atoms with Gasteiger partial charge in [0, 0.05) is 45.2 Å². The molecule has 4 rings (SSSR count). The molecular formula is C34H49N3O3. The number of piperazine rings is 1. The Hall–Kier alpha value is -2.86. The number of aryl methyl sites for hydroxylation is 1. The number of hydrogen-bond donors (Lipinski definition) is 0. The van der Waals surface area contributed by atoms with Crippen LogP contribution in [-0.2, 0) is 9.53 Å². The highest BCUT2D eigenvalue weighted by Crippen LogP contribution is 2.36. The lowest BCUT2D eigenvalue weighted by atomic mass is 9.82. The minimum Gasteiger partial charge on any atom is -0.444 e. The molecule has 2 unspecified atom stereocenters. The molecule has 0 spiro atoms. The molecule has 0 aromatic heterocycles. The smallest absolute Gasteiger partial charge is 0.410 e. The molecule has 0 bridgehead atoms. The molecule has 0 radical (unpaired) electrons. The van der Waals surface area contributed by atoms with E-state index >= 15 is 0 Å². The van der Waals surface area contributed by atoms with Gasteiger partial charge in [-0.05, 0) is 63.0 Å². The second-order valence-corrected chi connectivity index (χ2v) is 13.8. The normalized spacial score (nSPS) is 20.3. The van der Waals surface area contributed by atoms with Gasteiger partial charge in [0.1, 0.15) is 5.60 Å². The van der Waals surface area contributed by atoms with E-state index in [2.05, 4.69) is 92.1 Å². The van der Waals surface area contributed by atoms with Gasteiger partial charge in [0.15, 0.2) is 0 Å². The Morgan fingerprint density at radius 1 is 0.850 bits per heavy atom. The molecule has 2 atom stereocenters. The van der Waals surface area contributed by atoms with Gasteiger partial charge in [-0.1, -0.05) is 80.9 Å². The van der Waals surface area contributed by atoms with Gasteiger partial charge in [0.25, 0.3) is 0 Å². The molecule has 6 heteroatoms. The summed E-state index contributed by atoms with van der Waals surface area (Å²) in [5.74, 6) is 0.552. The van der Waals surface area contributed by atoms with Crippen LogP contribution in [0, 0.1) is 18.3 Å². The summed E-state index contributed by atoms with van der Waals surface area (Å²) >= 11 is 0. The molecule has 218 valence electrons.